The summed E-state index contributed by atoms with van der Waals surface area (Å²) in [6.07, 6.45) is 3.13. The number of hydrogen-bond donors (Lipinski definition) is 1. The number of rotatable bonds is 7. The zero-order valence-corrected chi connectivity index (χ0v) is 21.2. The summed E-state index contributed by atoms with van der Waals surface area (Å²) < 4.78 is 10.6. The second kappa shape index (κ2) is 10.1. The molecule has 35 heavy (non-hydrogen) atoms. The van der Waals surface area contributed by atoms with E-state index in [-0.39, 0.29) is 24.8 Å². The number of aryl methyl sites for hydroxylation is 1. The van der Waals surface area contributed by atoms with Crippen LogP contribution in [0.3, 0.4) is 0 Å². The standard InChI is InChI=1S/C26H35N5O4/c1-6-31-22-21(16-34-25(31)33)13-27-23(29-22)28-17(2)20-11-9-18(10-12-20)7-8-19-14-30(15-19)24(32)35-26(3,4)5/h9-13,17,19H,6-8,14-16H2,1-5H3,(H,27,28,29). The van der Waals surface area contributed by atoms with Gasteiger partial charge in [-0.15, -0.1) is 0 Å². The van der Waals surface area contributed by atoms with Crippen LogP contribution in [0.5, 0.6) is 0 Å². The van der Waals surface area contributed by atoms with Gasteiger partial charge in [-0.25, -0.2) is 14.6 Å². The average molecular weight is 482 g/mol. The molecule has 1 atom stereocenters. The Labute approximate surface area is 206 Å². The van der Waals surface area contributed by atoms with E-state index in [1.165, 1.54) is 10.5 Å². The van der Waals surface area contributed by atoms with Gasteiger partial charge in [-0.2, -0.15) is 4.98 Å². The number of nitrogens with zero attached hydrogens (tertiary/aromatic N) is 4. The smallest absolute Gasteiger partial charge is 0.415 e. The Morgan fingerprint density at radius 3 is 2.63 bits per heavy atom. The molecule has 2 aliphatic heterocycles. The third-order valence-corrected chi connectivity index (χ3v) is 6.26. The SMILES string of the molecule is CCN1C(=O)OCc2cnc(NC(C)c3ccc(CCC4CN(C(=O)OC(C)(C)C)C4)cc3)nc21. The van der Waals surface area contributed by atoms with Gasteiger partial charge in [0.1, 0.15) is 18.0 Å². The van der Waals surface area contributed by atoms with Crippen molar-refractivity contribution in [2.24, 2.45) is 5.92 Å². The van der Waals surface area contributed by atoms with Gasteiger partial charge < -0.3 is 19.7 Å². The van der Waals surface area contributed by atoms with Gasteiger partial charge in [0.25, 0.3) is 0 Å². The van der Waals surface area contributed by atoms with Crippen LogP contribution in [0, 0.1) is 5.92 Å². The van der Waals surface area contributed by atoms with Gasteiger partial charge in [0.2, 0.25) is 5.95 Å². The van der Waals surface area contributed by atoms with E-state index in [0.29, 0.717) is 24.2 Å². The molecule has 0 bridgehead atoms. The van der Waals surface area contributed by atoms with Crippen LogP contribution in [0.2, 0.25) is 0 Å². The number of carbonyl (C=O) groups is 2. The van der Waals surface area contributed by atoms with Crippen LogP contribution in [0.25, 0.3) is 0 Å². The molecule has 4 rings (SSSR count). The fourth-order valence-electron chi connectivity index (χ4n) is 4.23. The summed E-state index contributed by atoms with van der Waals surface area (Å²) in [5.41, 5.74) is 2.75. The number of fused-ring (bicyclic) bond motifs is 1. The van der Waals surface area contributed by atoms with Gasteiger partial charge in [-0.05, 0) is 64.5 Å². The highest BCUT2D eigenvalue weighted by Crippen LogP contribution is 2.27. The summed E-state index contributed by atoms with van der Waals surface area (Å²) in [6, 6.07) is 8.55. The summed E-state index contributed by atoms with van der Waals surface area (Å²) in [7, 11) is 0. The second-order valence-corrected chi connectivity index (χ2v) is 10.2. The number of amides is 2. The predicted octanol–water partition coefficient (Wildman–Crippen LogP) is 4.93. The molecule has 3 heterocycles. The molecule has 9 heteroatoms. The average Bonchev–Trinajstić information content (AvgIpc) is 2.77. The molecule has 0 saturated carbocycles. The van der Waals surface area contributed by atoms with Crippen LogP contribution in [-0.4, -0.2) is 52.3 Å². The van der Waals surface area contributed by atoms with Crippen LogP contribution >= 0.6 is 0 Å². The molecule has 1 fully saturated rings. The Morgan fingerprint density at radius 1 is 1.26 bits per heavy atom. The Bertz CT molecular complexity index is 1060. The highest BCUT2D eigenvalue weighted by Gasteiger charge is 2.33. The number of carbonyl (C=O) groups excluding carboxylic acids is 2. The number of anilines is 2. The minimum Gasteiger partial charge on any atom is -0.444 e. The zero-order chi connectivity index (χ0) is 25.2. The molecular formula is C26H35N5O4. The molecule has 1 aromatic heterocycles. The number of nitrogens with one attached hydrogen (secondary N) is 1. The van der Waals surface area contributed by atoms with Gasteiger partial charge in [0, 0.05) is 25.8 Å². The molecular weight excluding hydrogens is 446 g/mol. The Morgan fingerprint density at radius 2 is 1.97 bits per heavy atom. The van der Waals surface area contributed by atoms with E-state index in [9.17, 15) is 9.59 Å². The lowest BCUT2D eigenvalue weighted by atomic mass is 9.92. The van der Waals surface area contributed by atoms with Crippen molar-refractivity contribution in [2.75, 3.05) is 29.9 Å². The summed E-state index contributed by atoms with van der Waals surface area (Å²) in [5.74, 6) is 1.60. The number of hydrogen-bond acceptors (Lipinski definition) is 7. The number of cyclic esters (lactones) is 1. The third kappa shape index (κ3) is 6.01. The van der Waals surface area contributed by atoms with Crippen molar-refractivity contribution in [3.8, 4) is 0 Å². The van der Waals surface area contributed by atoms with Crippen molar-refractivity contribution in [3.05, 3.63) is 47.2 Å². The largest absolute Gasteiger partial charge is 0.444 e. The van der Waals surface area contributed by atoms with Crippen LogP contribution in [0.4, 0.5) is 21.4 Å². The van der Waals surface area contributed by atoms with Crippen molar-refractivity contribution in [1.29, 1.82) is 0 Å². The molecule has 1 unspecified atom stereocenters. The van der Waals surface area contributed by atoms with Crippen molar-refractivity contribution in [2.45, 2.75) is 65.7 Å². The maximum Gasteiger partial charge on any atom is 0.415 e. The first-order chi connectivity index (χ1) is 16.6. The number of benzene rings is 1. The van der Waals surface area contributed by atoms with E-state index >= 15 is 0 Å². The lowest BCUT2D eigenvalue weighted by Crippen LogP contribution is -2.51. The van der Waals surface area contributed by atoms with Crippen molar-refractivity contribution >= 4 is 24.0 Å². The molecule has 0 aliphatic carbocycles. The van der Waals surface area contributed by atoms with Crippen LogP contribution in [0.15, 0.2) is 30.5 Å². The number of aromatic nitrogens is 2. The zero-order valence-electron chi connectivity index (χ0n) is 21.2. The first kappa shape index (κ1) is 24.8. The van der Waals surface area contributed by atoms with Crippen molar-refractivity contribution in [1.82, 2.24) is 14.9 Å². The van der Waals surface area contributed by atoms with Gasteiger partial charge in [0.15, 0.2) is 0 Å². The molecule has 1 N–H and O–H groups in total. The molecule has 1 saturated heterocycles. The first-order valence-electron chi connectivity index (χ1n) is 12.3. The lowest BCUT2D eigenvalue weighted by molar-refractivity contribution is -0.00203. The highest BCUT2D eigenvalue weighted by atomic mass is 16.6. The number of ether oxygens (including phenoxy) is 2. The Balaban J connectivity index is 1.27. The van der Waals surface area contributed by atoms with E-state index in [2.05, 4.69) is 46.5 Å². The van der Waals surface area contributed by atoms with E-state index < -0.39 is 5.60 Å². The number of likely N-dealkylation sites (tertiary alicyclic amines) is 1. The normalized spacial score (nSPS) is 16.8. The quantitative estimate of drug-likeness (QED) is 0.599. The first-order valence-corrected chi connectivity index (χ1v) is 12.3. The van der Waals surface area contributed by atoms with Crippen LogP contribution in [-0.2, 0) is 22.5 Å². The van der Waals surface area contributed by atoms with Gasteiger partial charge >= 0.3 is 12.2 Å². The summed E-state index contributed by atoms with van der Waals surface area (Å²) in [4.78, 5) is 36.3. The minimum atomic E-state index is -0.453. The third-order valence-electron chi connectivity index (χ3n) is 6.26. The van der Waals surface area contributed by atoms with E-state index in [1.807, 2.05) is 27.7 Å². The molecule has 0 radical (unpaired) electrons. The molecule has 2 aromatic rings. The minimum absolute atomic E-state index is 0.00161. The summed E-state index contributed by atoms with van der Waals surface area (Å²) in [6.45, 7) is 11.8. The molecule has 1 aromatic carbocycles. The monoisotopic (exact) mass is 481 g/mol. The summed E-state index contributed by atoms with van der Waals surface area (Å²) in [5, 5.41) is 3.34. The van der Waals surface area contributed by atoms with E-state index in [0.717, 1.165) is 37.1 Å². The molecule has 2 amide bonds. The van der Waals surface area contributed by atoms with Gasteiger partial charge in [-0.3, -0.25) is 4.90 Å². The van der Waals surface area contributed by atoms with Crippen molar-refractivity contribution < 1.29 is 19.1 Å². The second-order valence-electron chi connectivity index (χ2n) is 10.2. The van der Waals surface area contributed by atoms with Crippen LogP contribution in [0.1, 0.15) is 63.8 Å². The van der Waals surface area contributed by atoms with Gasteiger partial charge in [0.05, 0.1) is 11.6 Å². The molecule has 9 nitrogen and oxygen atoms in total. The van der Waals surface area contributed by atoms with Gasteiger partial charge in [-0.1, -0.05) is 24.3 Å². The molecule has 2 aliphatic rings. The fourth-order valence-corrected chi connectivity index (χ4v) is 4.23. The predicted molar refractivity (Wildman–Crippen MR) is 133 cm³/mol. The van der Waals surface area contributed by atoms with Crippen LogP contribution < -0.4 is 10.2 Å². The fraction of sp³-hybridized carbons (Fsp3) is 0.538. The molecule has 188 valence electrons. The molecule has 0 spiro atoms. The van der Waals surface area contributed by atoms with E-state index in [4.69, 9.17) is 9.47 Å². The maximum atomic E-state index is 12.1. The topological polar surface area (TPSA) is 96.9 Å². The highest BCUT2D eigenvalue weighted by molar-refractivity contribution is 5.89. The van der Waals surface area contributed by atoms with Crippen molar-refractivity contribution in [3.63, 3.8) is 0 Å². The lowest BCUT2D eigenvalue weighted by Gasteiger charge is -2.39. The summed E-state index contributed by atoms with van der Waals surface area (Å²) >= 11 is 0. The van der Waals surface area contributed by atoms with E-state index in [1.54, 1.807) is 11.1 Å². The Kier molecular flexibility index (Phi) is 7.14. The Hall–Kier alpha value is -3.36. The maximum absolute atomic E-state index is 12.1.